The molecule has 3 saturated carbocycles. The number of benzene rings is 2. The molecule has 4 heterocycles. The van der Waals surface area contributed by atoms with Crippen LogP contribution in [-0.4, -0.2) is 74.7 Å². The molecule has 0 spiro atoms. The summed E-state index contributed by atoms with van der Waals surface area (Å²) in [6.07, 6.45) is 8.91. The first-order valence-electron chi connectivity index (χ1n) is 18.0. The number of hydrogen-bond donors (Lipinski definition) is 2. The zero-order valence-corrected chi connectivity index (χ0v) is 28.8. The van der Waals surface area contributed by atoms with E-state index in [9.17, 15) is 18.0 Å². The minimum Gasteiger partial charge on any atom is -0.497 e. The van der Waals surface area contributed by atoms with Crippen LogP contribution in [0.2, 0.25) is 0 Å². The number of carbonyl (C=O) groups is 2. The summed E-state index contributed by atoms with van der Waals surface area (Å²) in [4.78, 5) is 34.6. The molecule has 11 nitrogen and oxygen atoms in total. The summed E-state index contributed by atoms with van der Waals surface area (Å²) in [5.74, 6) is 2.30. The van der Waals surface area contributed by atoms with Crippen molar-refractivity contribution in [2.45, 2.75) is 69.7 Å². The van der Waals surface area contributed by atoms with Crippen LogP contribution in [0.15, 0.2) is 36.4 Å². The van der Waals surface area contributed by atoms with Gasteiger partial charge in [-0.1, -0.05) is 25.3 Å². The summed E-state index contributed by atoms with van der Waals surface area (Å²) in [6, 6.07) is 12.0. The van der Waals surface area contributed by atoms with E-state index in [4.69, 9.17) is 14.7 Å². The molecular formula is C37H45N5O6S. The van der Waals surface area contributed by atoms with Crippen LogP contribution in [0.1, 0.15) is 84.7 Å². The summed E-state index contributed by atoms with van der Waals surface area (Å²) in [5.41, 5.74) is 6.04. The number of rotatable bonds is 8. The normalized spacial score (nSPS) is 28.0. The lowest BCUT2D eigenvalue weighted by atomic mass is 9.81. The highest BCUT2D eigenvalue weighted by Gasteiger charge is 2.59. The Hall–Kier alpha value is -3.45. The van der Waals surface area contributed by atoms with E-state index in [0.717, 1.165) is 81.5 Å². The van der Waals surface area contributed by atoms with Crippen molar-refractivity contribution in [3.05, 3.63) is 53.1 Å². The number of hydroxylamine groups is 2. The van der Waals surface area contributed by atoms with E-state index in [1.165, 1.54) is 41.6 Å². The van der Waals surface area contributed by atoms with Gasteiger partial charge in [-0.3, -0.25) is 14.4 Å². The second-order valence-corrected chi connectivity index (χ2v) is 16.9. The first-order valence-corrected chi connectivity index (χ1v) is 19.5. The third-order valence-electron chi connectivity index (χ3n) is 12.4. The number of nitrogens with one attached hydrogen (secondary N) is 1. The molecule has 5 fully saturated rings. The zero-order valence-electron chi connectivity index (χ0n) is 28.0. The zero-order chi connectivity index (χ0) is 33.7. The van der Waals surface area contributed by atoms with Crippen LogP contribution in [0.4, 0.5) is 0 Å². The number of ether oxygens (including phenoxy) is 1. The Bertz CT molecular complexity index is 1950. The van der Waals surface area contributed by atoms with Crippen molar-refractivity contribution < 1.29 is 27.6 Å². The highest BCUT2D eigenvalue weighted by atomic mass is 32.2. The van der Waals surface area contributed by atoms with Crippen LogP contribution in [0.5, 0.6) is 5.75 Å². The largest absolute Gasteiger partial charge is 0.497 e. The van der Waals surface area contributed by atoms with Gasteiger partial charge >= 0.3 is 0 Å². The molecule has 3 aromatic rings. The number of aromatic nitrogens is 1. The Kier molecular flexibility index (Phi) is 7.43. The van der Waals surface area contributed by atoms with Gasteiger partial charge in [-0.15, -0.1) is 0 Å². The van der Waals surface area contributed by atoms with Gasteiger partial charge in [-0.2, -0.15) is 13.5 Å². The molecule has 4 atom stereocenters. The van der Waals surface area contributed by atoms with Gasteiger partial charge in [-0.05, 0) is 97.2 Å². The number of amides is 2. The van der Waals surface area contributed by atoms with Crippen molar-refractivity contribution in [1.82, 2.24) is 19.3 Å². The van der Waals surface area contributed by atoms with Gasteiger partial charge in [0, 0.05) is 66.1 Å². The minimum absolute atomic E-state index is 0.160. The summed E-state index contributed by atoms with van der Waals surface area (Å²) >= 11 is 0. The van der Waals surface area contributed by atoms with Gasteiger partial charge in [0.2, 0.25) is 5.91 Å². The van der Waals surface area contributed by atoms with Crippen LogP contribution in [-0.2, 0) is 26.4 Å². The van der Waals surface area contributed by atoms with E-state index in [-0.39, 0.29) is 22.8 Å². The highest BCUT2D eigenvalue weighted by Crippen LogP contribution is 2.65. The van der Waals surface area contributed by atoms with Crippen molar-refractivity contribution in [1.29, 1.82) is 0 Å². The van der Waals surface area contributed by atoms with Gasteiger partial charge in [0.1, 0.15) is 5.75 Å². The topological polar surface area (TPSA) is 136 Å². The van der Waals surface area contributed by atoms with E-state index in [0.29, 0.717) is 30.3 Å². The summed E-state index contributed by atoms with van der Waals surface area (Å²) < 4.78 is 33.6. The third-order valence-corrected chi connectivity index (χ3v) is 12.9. The van der Waals surface area contributed by atoms with Crippen molar-refractivity contribution in [2.24, 2.45) is 28.3 Å². The fourth-order valence-electron chi connectivity index (χ4n) is 9.66. The maximum Gasteiger partial charge on any atom is 0.298 e. The molecule has 12 heteroatoms. The van der Waals surface area contributed by atoms with Crippen LogP contribution >= 0.6 is 0 Å². The number of hydrogen-bond acceptors (Lipinski definition) is 7. The smallest absolute Gasteiger partial charge is 0.298 e. The lowest BCUT2D eigenvalue weighted by Gasteiger charge is -2.25. The summed E-state index contributed by atoms with van der Waals surface area (Å²) in [5, 5.41) is 8.44. The minimum atomic E-state index is -4.21. The van der Waals surface area contributed by atoms with Crippen LogP contribution in [0, 0.1) is 23.2 Å². The van der Waals surface area contributed by atoms with E-state index >= 15 is 0 Å². The fraction of sp³-hybridized carbons (Fsp3) is 0.568. The Morgan fingerprint density at radius 3 is 2.43 bits per heavy atom. The molecule has 2 aromatic carbocycles. The van der Waals surface area contributed by atoms with E-state index in [1.54, 1.807) is 13.2 Å². The lowest BCUT2D eigenvalue weighted by molar-refractivity contribution is -0.165. The van der Waals surface area contributed by atoms with E-state index < -0.39 is 16.1 Å². The first-order chi connectivity index (χ1) is 23.6. The van der Waals surface area contributed by atoms with Gasteiger partial charge in [0.05, 0.1) is 19.4 Å². The van der Waals surface area contributed by atoms with Gasteiger partial charge < -0.3 is 14.2 Å². The van der Waals surface area contributed by atoms with Crippen molar-refractivity contribution in [3.63, 3.8) is 0 Å². The SMILES string of the molecule is COc1ccc2c(c1)C1CC1(CON1CC3CN(C(=O)C4CC4)CC3C1)Cn1c-2c(C2CCCCC2)c2ccc(C(=O)NS(N)(=O)=O)cc21. The maximum atomic E-state index is 13.0. The van der Waals surface area contributed by atoms with Crippen LogP contribution in [0.3, 0.4) is 0 Å². The second-order valence-electron chi connectivity index (χ2n) is 15.6. The number of methoxy groups -OCH3 is 1. The number of carbonyl (C=O) groups excluding carboxylic acids is 2. The maximum absolute atomic E-state index is 13.0. The predicted molar refractivity (Wildman–Crippen MR) is 184 cm³/mol. The number of nitrogens with two attached hydrogens (primary N) is 1. The third kappa shape index (κ3) is 5.55. The molecule has 0 bridgehead atoms. The molecule has 1 aromatic heterocycles. The summed E-state index contributed by atoms with van der Waals surface area (Å²) in [7, 11) is -2.49. The molecule has 2 amide bonds. The van der Waals surface area contributed by atoms with Crippen molar-refractivity contribution in [3.8, 4) is 17.0 Å². The van der Waals surface area contributed by atoms with Gasteiger partial charge in [-0.25, -0.2) is 9.86 Å². The average Bonchev–Trinajstić information content (AvgIpc) is 3.95. The molecule has 0 radical (unpaired) electrons. The molecule has 3 aliphatic carbocycles. The van der Waals surface area contributed by atoms with Gasteiger partial charge in [0.25, 0.3) is 16.1 Å². The first kappa shape index (κ1) is 31.5. The van der Waals surface area contributed by atoms with Crippen molar-refractivity contribution >= 4 is 32.9 Å². The highest BCUT2D eigenvalue weighted by molar-refractivity contribution is 7.87. The number of likely N-dealkylation sites (tertiary alicyclic amines) is 1. The Morgan fingerprint density at radius 1 is 0.980 bits per heavy atom. The quantitative estimate of drug-likeness (QED) is 0.356. The molecule has 3 aliphatic heterocycles. The predicted octanol–water partition coefficient (Wildman–Crippen LogP) is 4.52. The Morgan fingerprint density at radius 2 is 1.73 bits per heavy atom. The lowest BCUT2D eigenvalue weighted by Crippen LogP contribution is -2.36. The molecular weight excluding hydrogens is 643 g/mol. The van der Waals surface area contributed by atoms with Crippen LogP contribution < -0.4 is 14.6 Å². The van der Waals surface area contributed by atoms with Crippen molar-refractivity contribution in [2.75, 3.05) is 39.9 Å². The monoisotopic (exact) mass is 687 g/mol. The number of nitrogens with zero attached hydrogens (tertiary/aromatic N) is 3. The molecule has 260 valence electrons. The number of fused-ring (bicyclic) bond motifs is 8. The van der Waals surface area contributed by atoms with E-state index in [2.05, 4.69) is 26.7 Å². The fourth-order valence-corrected chi connectivity index (χ4v) is 10.0. The Labute approximate surface area is 287 Å². The average molecular weight is 688 g/mol. The molecule has 6 aliphatic rings. The standard InChI is InChI=1S/C37H45N5O6S/c1-47-27-10-12-28-30(14-27)31-15-37(31,21-48-41-18-25-16-40(17-26(25)19-41)36(44)23-7-8-23)20-42-32-13-24(35(43)39-49(38,45)46)9-11-29(32)33(34(28)42)22-5-3-2-4-6-22/h9-14,22-23,25-26,31H,2-8,15-21H2,1H3,(H,39,43)(H2,38,45,46). The molecule has 49 heavy (non-hydrogen) atoms. The van der Waals surface area contributed by atoms with Gasteiger partial charge in [0.15, 0.2) is 0 Å². The molecule has 3 N–H and O–H groups in total. The Balaban J connectivity index is 1.08. The molecule has 4 unspecified atom stereocenters. The van der Waals surface area contributed by atoms with Crippen LogP contribution in [0.25, 0.3) is 22.2 Å². The summed E-state index contributed by atoms with van der Waals surface area (Å²) in [6.45, 7) is 4.65. The second kappa shape index (κ2) is 11.5. The molecule has 2 saturated heterocycles. The van der Waals surface area contributed by atoms with E-state index in [1.807, 2.05) is 22.9 Å². The molecule has 9 rings (SSSR count).